The predicted octanol–water partition coefficient (Wildman–Crippen LogP) is 3.51. The van der Waals surface area contributed by atoms with Crippen LogP contribution in [0, 0.1) is 11.8 Å². The van der Waals surface area contributed by atoms with Gasteiger partial charge in [-0.1, -0.05) is 67.3 Å². The van der Waals surface area contributed by atoms with Crippen molar-refractivity contribution in [3.63, 3.8) is 0 Å². The van der Waals surface area contributed by atoms with Crippen LogP contribution in [0.2, 0.25) is 0 Å². The van der Waals surface area contributed by atoms with Crippen LogP contribution in [0.1, 0.15) is 18.1 Å². The Labute approximate surface area is 126 Å². The molecule has 0 amide bonds. The first-order valence-corrected chi connectivity index (χ1v) is 8.39. The van der Waals surface area contributed by atoms with Crippen molar-refractivity contribution in [3.8, 4) is 11.8 Å². The van der Waals surface area contributed by atoms with Crippen LogP contribution in [0.3, 0.4) is 0 Å². The van der Waals surface area contributed by atoms with E-state index in [0.717, 1.165) is 11.1 Å². The van der Waals surface area contributed by atoms with E-state index in [1.165, 1.54) is 5.41 Å². The smallest absolute Gasteiger partial charge is 0.172 e. The van der Waals surface area contributed by atoms with Gasteiger partial charge in [0.25, 0.3) is 0 Å². The summed E-state index contributed by atoms with van der Waals surface area (Å²) in [6, 6.07) is 18.8. The lowest BCUT2D eigenvalue weighted by molar-refractivity contribution is 0.606. The molecule has 0 spiro atoms. The molecular formula is C18H16O2S. The molecule has 0 unspecified atom stereocenters. The molecule has 21 heavy (non-hydrogen) atoms. The third-order valence-corrected chi connectivity index (χ3v) is 4.30. The highest BCUT2D eigenvalue weighted by Crippen LogP contribution is 2.15. The van der Waals surface area contributed by atoms with Crippen LogP contribution in [0.4, 0.5) is 0 Å². The van der Waals surface area contributed by atoms with Crippen molar-refractivity contribution in [3.05, 3.63) is 77.2 Å². The summed E-state index contributed by atoms with van der Waals surface area (Å²) >= 11 is 0. The van der Waals surface area contributed by atoms with Crippen LogP contribution < -0.4 is 0 Å². The molecule has 0 aromatic heterocycles. The molecule has 0 atom stereocenters. The zero-order chi connectivity index (χ0) is 15.1. The standard InChI is InChI=1S/C18H16O2S/c1-2-21(19,20)15-18(17-11-7-4-8-12-17)14-13-16-9-5-3-6-10-16/h3-12,15H,2H2,1H3/b18-15-. The van der Waals surface area contributed by atoms with E-state index >= 15 is 0 Å². The van der Waals surface area contributed by atoms with E-state index in [0.29, 0.717) is 5.57 Å². The second-order valence-electron chi connectivity index (χ2n) is 4.47. The molecule has 2 rings (SSSR count). The third kappa shape index (κ3) is 4.62. The van der Waals surface area contributed by atoms with E-state index in [1.807, 2.05) is 60.7 Å². The van der Waals surface area contributed by atoms with E-state index < -0.39 is 9.84 Å². The number of sulfone groups is 1. The van der Waals surface area contributed by atoms with Crippen LogP contribution in [0.5, 0.6) is 0 Å². The molecule has 0 bridgehead atoms. The maximum absolute atomic E-state index is 11.9. The first-order chi connectivity index (χ1) is 10.1. The first-order valence-electron chi connectivity index (χ1n) is 6.67. The van der Waals surface area contributed by atoms with Crippen molar-refractivity contribution in [2.75, 3.05) is 5.75 Å². The highest BCUT2D eigenvalue weighted by Gasteiger charge is 2.06. The minimum atomic E-state index is -3.24. The summed E-state index contributed by atoms with van der Waals surface area (Å²) in [7, 11) is -3.24. The molecule has 0 saturated carbocycles. The fraction of sp³-hybridized carbons (Fsp3) is 0.111. The van der Waals surface area contributed by atoms with Gasteiger partial charge in [-0.05, 0) is 17.7 Å². The molecule has 2 nitrogen and oxygen atoms in total. The van der Waals surface area contributed by atoms with Crippen LogP contribution in [-0.4, -0.2) is 14.2 Å². The molecule has 0 aliphatic carbocycles. The summed E-state index contributed by atoms with van der Waals surface area (Å²) in [5, 5.41) is 1.26. The van der Waals surface area contributed by atoms with Gasteiger partial charge in [-0.25, -0.2) is 8.42 Å². The molecule has 0 aliphatic heterocycles. The molecule has 3 heteroatoms. The van der Waals surface area contributed by atoms with Crippen molar-refractivity contribution in [2.45, 2.75) is 6.92 Å². The van der Waals surface area contributed by atoms with Crippen LogP contribution in [0.15, 0.2) is 66.1 Å². The fourth-order valence-electron chi connectivity index (χ4n) is 1.71. The summed E-state index contributed by atoms with van der Waals surface area (Å²) in [5.41, 5.74) is 2.17. The Morgan fingerprint density at radius 3 is 2.14 bits per heavy atom. The molecule has 0 heterocycles. The lowest BCUT2D eigenvalue weighted by Crippen LogP contribution is -1.99. The molecule has 2 aromatic carbocycles. The van der Waals surface area contributed by atoms with Crippen molar-refractivity contribution in [2.24, 2.45) is 0 Å². The van der Waals surface area contributed by atoms with Gasteiger partial charge in [0.1, 0.15) is 0 Å². The molecule has 0 radical (unpaired) electrons. The van der Waals surface area contributed by atoms with Crippen molar-refractivity contribution in [1.29, 1.82) is 0 Å². The largest absolute Gasteiger partial charge is 0.224 e. The normalized spacial score (nSPS) is 11.6. The monoisotopic (exact) mass is 296 g/mol. The van der Waals surface area contributed by atoms with Crippen LogP contribution in [0.25, 0.3) is 5.57 Å². The number of benzene rings is 2. The highest BCUT2D eigenvalue weighted by molar-refractivity contribution is 7.94. The van der Waals surface area contributed by atoms with Crippen molar-refractivity contribution < 1.29 is 8.42 Å². The summed E-state index contributed by atoms with van der Waals surface area (Å²) in [6.07, 6.45) is 0. The zero-order valence-electron chi connectivity index (χ0n) is 11.8. The maximum atomic E-state index is 11.9. The van der Waals surface area contributed by atoms with E-state index in [1.54, 1.807) is 6.92 Å². The van der Waals surface area contributed by atoms with Gasteiger partial charge in [-0.2, -0.15) is 0 Å². The number of hydrogen-bond acceptors (Lipinski definition) is 2. The van der Waals surface area contributed by atoms with Crippen LogP contribution in [-0.2, 0) is 9.84 Å². The minimum Gasteiger partial charge on any atom is -0.224 e. The summed E-state index contributed by atoms with van der Waals surface area (Å²) in [6.45, 7) is 1.62. The van der Waals surface area contributed by atoms with E-state index in [2.05, 4.69) is 11.8 Å². The second kappa shape index (κ2) is 6.92. The first kappa shape index (κ1) is 15.1. The zero-order valence-corrected chi connectivity index (χ0v) is 12.6. The Kier molecular flexibility index (Phi) is 4.97. The van der Waals surface area contributed by atoms with Crippen molar-refractivity contribution in [1.82, 2.24) is 0 Å². The molecule has 0 fully saturated rings. The van der Waals surface area contributed by atoms with Gasteiger partial charge in [0.15, 0.2) is 9.84 Å². The third-order valence-electron chi connectivity index (χ3n) is 2.90. The van der Waals surface area contributed by atoms with Crippen LogP contribution >= 0.6 is 0 Å². The van der Waals surface area contributed by atoms with Gasteiger partial charge in [-0.3, -0.25) is 0 Å². The molecular weight excluding hydrogens is 280 g/mol. The molecule has 2 aromatic rings. The second-order valence-corrected chi connectivity index (χ2v) is 6.60. The van der Waals surface area contributed by atoms with E-state index in [9.17, 15) is 8.42 Å². The molecule has 0 N–H and O–H groups in total. The number of rotatable bonds is 3. The Bertz CT molecular complexity index is 777. The molecule has 0 saturated heterocycles. The minimum absolute atomic E-state index is 0.0658. The Morgan fingerprint density at radius 1 is 1.00 bits per heavy atom. The predicted molar refractivity (Wildman–Crippen MR) is 87.2 cm³/mol. The van der Waals surface area contributed by atoms with Gasteiger partial charge < -0.3 is 0 Å². The Hall–Kier alpha value is -2.31. The Morgan fingerprint density at radius 2 is 1.57 bits per heavy atom. The van der Waals surface area contributed by atoms with Gasteiger partial charge in [-0.15, -0.1) is 0 Å². The average molecular weight is 296 g/mol. The van der Waals surface area contributed by atoms with E-state index in [-0.39, 0.29) is 5.75 Å². The number of hydrogen-bond donors (Lipinski definition) is 0. The summed E-state index contributed by atoms with van der Waals surface area (Å²) < 4.78 is 23.7. The average Bonchev–Trinajstić information content (AvgIpc) is 2.53. The van der Waals surface area contributed by atoms with Gasteiger partial charge in [0, 0.05) is 16.5 Å². The van der Waals surface area contributed by atoms with Crippen molar-refractivity contribution >= 4 is 15.4 Å². The van der Waals surface area contributed by atoms with Gasteiger partial charge >= 0.3 is 0 Å². The SMILES string of the molecule is CCS(=O)(=O)/C=C(/C#Cc1ccccc1)c1ccccc1. The molecule has 106 valence electrons. The van der Waals surface area contributed by atoms with E-state index in [4.69, 9.17) is 0 Å². The highest BCUT2D eigenvalue weighted by atomic mass is 32.2. The number of allylic oxidation sites excluding steroid dienone is 1. The quantitative estimate of drug-likeness (QED) is 0.812. The summed E-state index contributed by atoms with van der Waals surface area (Å²) in [4.78, 5) is 0. The van der Waals surface area contributed by atoms with Gasteiger partial charge in [0.2, 0.25) is 0 Å². The summed E-state index contributed by atoms with van der Waals surface area (Å²) in [5.74, 6) is 6.05. The topological polar surface area (TPSA) is 34.1 Å². The lowest BCUT2D eigenvalue weighted by atomic mass is 10.1. The Balaban J connectivity index is 2.46. The lowest BCUT2D eigenvalue weighted by Gasteiger charge is -2.00. The molecule has 0 aliphatic rings. The maximum Gasteiger partial charge on any atom is 0.172 e. The fourth-order valence-corrected chi connectivity index (χ4v) is 2.43. The van der Waals surface area contributed by atoms with Gasteiger partial charge in [0.05, 0.1) is 5.75 Å².